The van der Waals surface area contributed by atoms with Gasteiger partial charge in [-0.05, 0) is 42.0 Å². The van der Waals surface area contributed by atoms with Crippen LogP contribution in [0.1, 0.15) is 18.4 Å². The summed E-state index contributed by atoms with van der Waals surface area (Å²) in [7, 11) is 0. The number of phenols is 1. The van der Waals surface area contributed by atoms with Gasteiger partial charge in [0.1, 0.15) is 5.75 Å². The first-order chi connectivity index (χ1) is 5.77. The lowest BCUT2D eigenvalue weighted by Gasteiger charge is -2.02. The second kappa shape index (κ2) is 2.67. The van der Waals surface area contributed by atoms with Crippen molar-refractivity contribution >= 4 is 5.57 Å². The van der Waals surface area contributed by atoms with E-state index in [1.54, 1.807) is 12.1 Å². The van der Waals surface area contributed by atoms with E-state index in [0.29, 0.717) is 11.7 Å². The zero-order valence-electron chi connectivity index (χ0n) is 6.96. The highest BCUT2D eigenvalue weighted by atomic mass is 16.3. The molecular formula is C11H12O. The molecule has 1 saturated carbocycles. The fourth-order valence-electron chi connectivity index (χ4n) is 1.34. The maximum Gasteiger partial charge on any atom is 0.115 e. The summed E-state index contributed by atoms with van der Waals surface area (Å²) in [4.78, 5) is 0. The average Bonchev–Trinajstić information content (AvgIpc) is 2.87. The van der Waals surface area contributed by atoms with Crippen LogP contribution in [0.5, 0.6) is 5.75 Å². The fourth-order valence-corrected chi connectivity index (χ4v) is 1.34. The molecule has 0 atom stereocenters. The van der Waals surface area contributed by atoms with Crippen molar-refractivity contribution in [2.45, 2.75) is 12.8 Å². The minimum absolute atomic E-state index is 0.322. The molecule has 0 aliphatic heterocycles. The fraction of sp³-hybridized carbons (Fsp3) is 0.273. The monoisotopic (exact) mass is 160 g/mol. The lowest BCUT2D eigenvalue weighted by Crippen LogP contribution is -1.82. The van der Waals surface area contributed by atoms with Gasteiger partial charge in [0, 0.05) is 0 Å². The molecule has 2 rings (SSSR count). The van der Waals surface area contributed by atoms with Crippen molar-refractivity contribution in [2.75, 3.05) is 0 Å². The Morgan fingerprint density at radius 3 is 2.33 bits per heavy atom. The molecular weight excluding hydrogens is 148 g/mol. The van der Waals surface area contributed by atoms with Gasteiger partial charge in [-0.3, -0.25) is 0 Å². The molecule has 12 heavy (non-hydrogen) atoms. The summed E-state index contributed by atoms with van der Waals surface area (Å²) in [5.74, 6) is 1.02. The molecule has 1 nitrogen and oxygen atoms in total. The molecule has 0 unspecified atom stereocenters. The molecule has 1 N–H and O–H groups in total. The molecule has 1 aliphatic rings. The molecule has 1 fully saturated rings. The summed E-state index contributed by atoms with van der Waals surface area (Å²) in [6, 6.07) is 7.28. The van der Waals surface area contributed by atoms with Crippen LogP contribution in [0.3, 0.4) is 0 Å². The first-order valence-electron chi connectivity index (χ1n) is 4.25. The highest BCUT2D eigenvalue weighted by Gasteiger charge is 2.24. The predicted octanol–water partition coefficient (Wildman–Crippen LogP) is 2.82. The Kier molecular flexibility index (Phi) is 1.65. The van der Waals surface area contributed by atoms with Crippen LogP contribution in [0.25, 0.3) is 5.57 Å². The van der Waals surface area contributed by atoms with Crippen LogP contribution in [-0.4, -0.2) is 5.11 Å². The van der Waals surface area contributed by atoms with Crippen LogP contribution in [-0.2, 0) is 0 Å². The molecule has 0 saturated heterocycles. The van der Waals surface area contributed by atoms with Crippen molar-refractivity contribution in [3.05, 3.63) is 36.4 Å². The zero-order valence-corrected chi connectivity index (χ0v) is 6.96. The van der Waals surface area contributed by atoms with Gasteiger partial charge in [-0.25, -0.2) is 0 Å². The van der Waals surface area contributed by atoms with Crippen LogP contribution >= 0.6 is 0 Å². The van der Waals surface area contributed by atoms with E-state index >= 15 is 0 Å². The van der Waals surface area contributed by atoms with Crippen molar-refractivity contribution in [3.63, 3.8) is 0 Å². The number of allylic oxidation sites excluding steroid dienone is 1. The minimum Gasteiger partial charge on any atom is -0.508 e. The number of benzene rings is 1. The van der Waals surface area contributed by atoms with Gasteiger partial charge in [-0.1, -0.05) is 18.7 Å². The summed E-state index contributed by atoms with van der Waals surface area (Å²) in [6.45, 7) is 4.03. The van der Waals surface area contributed by atoms with Crippen LogP contribution < -0.4 is 0 Å². The van der Waals surface area contributed by atoms with E-state index in [4.69, 9.17) is 5.11 Å². The molecule has 0 bridgehead atoms. The summed E-state index contributed by atoms with van der Waals surface area (Å²) in [5.41, 5.74) is 2.38. The molecule has 1 aliphatic carbocycles. The molecule has 1 aromatic carbocycles. The lowest BCUT2D eigenvalue weighted by molar-refractivity contribution is 0.475. The van der Waals surface area contributed by atoms with E-state index in [9.17, 15) is 0 Å². The van der Waals surface area contributed by atoms with Gasteiger partial charge in [-0.15, -0.1) is 0 Å². The number of phenolic OH excluding ortho intramolecular Hbond substituents is 1. The molecule has 0 aromatic heterocycles. The van der Waals surface area contributed by atoms with Gasteiger partial charge in [0.25, 0.3) is 0 Å². The highest BCUT2D eigenvalue weighted by Crippen LogP contribution is 2.40. The normalized spacial score (nSPS) is 16.0. The number of rotatable bonds is 2. The zero-order chi connectivity index (χ0) is 8.55. The SMILES string of the molecule is C=C(c1ccc(O)cc1)C1CC1. The Morgan fingerprint density at radius 1 is 1.25 bits per heavy atom. The number of aromatic hydroxyl groups is 1. The van der Waals surface area contributed by atoms with Gasteiger partial charge in [0.15, 0.2) is 0 Å². The first kappa shape index (κ1) is 7.41. The van der Waals surface area contributed by atoms with Crippen molar-refractivity contribution in [1.82, 2.24) is 0 Å². The highest BCUT2D eigenvalue weighted by molar-refractivity contribution is 5.67. The molecule has 1 aromatic rings. The van der Waals surface area contributed by atoms with E-state index < -0.39 is 0 Å². The lowest BCUT2D eigenvalue weighted by atomic mass is 10.0. The van der Waals surface area contributed by atoms with Crippen molar-refractivity contribution in [1.29, 1.82) is 0 Å². The quantitative estimate of drug-likeness (QED) is 0.705. The number of hydrogen-bond acceptors (Lipinski definition) is 1. The van der Waals surface area contributed by atoms with Crippen molar-refractivity contribution < 1.29 is 5.11 Å². The Hall–Kier alpha value is -1.24. The van der Waals surface area contributed by atoms with E-state index in [2.05, 4.69) is 6.58 Å². The molecule has 0 amide bonds. The van der Waals surface area contributed by atoms with E-state index in [0.717, 1.165) is 5.56 Å². The Balaban J connectivity index is 2.22. The smallest absolute Gasteiger partial charge is 0.115 e. The molecule has 1 heteroatoms. The van der Waals surface area contributed by atoms with E-state index in [1.165, 1.54) is 18.4 Å². The van der Waals surface area contributed by atoms with E-state index in [1.807, 2.05) is 12.1 Å². The standard InChI is InChI=1S/C11H12O/c1-8(9-2-3-9)10-4-6-11(12)7-5-10/h4-7,9,12H,1-3H2. The topological polar surface area (TPSA) is 20.2 Å². The maximum atomic E-state index is 9.06. The summed E-state index contributed by atoms with van der Waals surface area (Å²) in [5, 5.41) is 9.06. The Bertz CT molecular complexity index is 293. The third kappa shape index (κ3) is 1.35. The summed E-state index contributed by atoms with van der Waals surface area (Å²) < 4.78 is 0. The summed E-state index contributed by atoms with van der Waals surface area (Å²) in [6.07, 6.45) is 2.55. The minimum atomic E-state index is 0.322. The molecule has 62 valence electrons. The van der Waals surface area contributed by atoms with Gasteiger partial charge >= 0.3 is 0 Å². The molecule has 0 spiro atoms. The summed E-state index contributed by atoms with van der Waals surface area (Å²) >= 11 is 0. The third-order valence-electron chi connectivity index (χ3n) is 2.31. The van der Waals surface area contributed by atoms with Crippen LogP contribution in [0, 0.1) is 5.92 Å². The van der Waals surface area contributed by atoms with Crippen LogP contribution in [0.2, 0.25) is 0 Å². The van der Waals surface area contributed by atoms with E-state index in [-0.39, 0.29) is 0 Å². The maximum absolute atomic E-state index is 9.06. The van der Waals surface area contributed by atoms with Crippen molar-refractivity contribution in [3.8, 4) is 5.75 Å². The molecule has 0 radical (unpaired) electrons. The largest absolute Gasteiger partial charge is 0.508 e. The third-order valence-corrected chi connectivity index (χ3v) is 2.31. The molecule has 0 heterocycles. The second-order valence-corrected chi connectivity index (χ2v) is 3.35. The average molecular weight is 160 g/mol. The van der Waals surface area contributed by atoms with Gasteiger partial charge in [-0.2, -0.15) is 0 Å². The Morgan fingerprint density at radius 2 is 1.83 bits per heavy atom. The van der Waals surface area contributed by atoms with Gasteiger partial charge < -0.3 is 5.11 Å². The van der Waals surface area contributed by atoms with Gasteiger partial charge in [0.2, 0.25) is 0 Å². The number of hydrogen-bond donors (Lipinski definition) is 1. The van der Waals surface area contributed by atoms with Crippen molar-refractivity contribution in [2.24, 2.45) is 5.92 Å². The Labute approximate surface area is 72.4 Å². The first-order valence-corrected chi connectivity index (χ1v) is 4.25. The predicted molar refractivity (Wildman–Crippen MR) is 49.9 cm³/mol. The van der Waals surface area contributed by atoms with Gasteiger partial charge in [0.05, 0.1) is 0 Å². The van der Waals surface area contributed by atoms with Crippen LogP contribution in [0.4, 0.5) is 0 Å². The second-order valence-electron chi connectivity index (χ2n) is 3.35. The van der Waals surface area contributed by atoms with Crippen LogP contribution in [0.15, 0.2) is 30.8 Å².